The zero-order chi connectivity index (χ0) is 25.0. The predicted molar refractivity (Wildman–Crippen MR) is 140 cm³/mol. The highest BCUT2D eigenvalue weighted by molar-refractivity contribution is 5.76. The first kappa shape index (κ1) is 33.5. The van der Waals surface area contributed by atoms with Crippen LogP contribution >= 0.6 is 0 Å². The van der Waals surface area contributed by atoms with E-state index in [0.717, 1.165) is 13.0 Å². The molecule has 0 fully saturated rings. The number of unbranched alkanes of at least 4 members (excludes halogenated alkanes) is 15. The van der Waals surface area contributed by atoms with E-state index in [-0.39, 0.29) is 25.1 Å². The minimum absolute atomic E-state index is 0.00548. The van der Waals surface area contributed by atoms with E-state index >= 15 is 0 Å². The number of ketones is 1. The van der Waals surface area contributed by atoms with Crippen molar-refractivity contribution < 1.29 is 28.8 Å². The number of hydrogen-bond donors (Lipinski definition) is 1. The number of Topliss-reactive ketones (excluding diaryl/α,β-unsaturated/α-hetero) is 1. The van der Waals surface area contributed by atoms with Gasteiger partial charge in [0.05, 0.1) is 39.6 Å². The van der Waals surface area contributed by atoms with Crippen LogP contribution in [-0.4, -0.2) is 69.8 Å². The quantitative estimate of drug-likeness (QED) is 0.125. The van der Waals surface area contributed by atoms with E-state index in [1.54, 1.807) is 0 Å². The third-order valence-corrected chi connectivity index (χ3v) is 5.88. The van der Waals surface area contributed by atoms with Crippen LogP contribution in [0.1, 0.15) is 117 Å². The van der Waals surface area contributed by atoms with Crippen molar-refractivity contribution in [3.8, 4) is 0 Å². The molecule has 0 heterocycles. The van der Waals surface area contributed by atoms with Crippen LogP contribution in [-0.2, 0) is 23.7 Å². The van der Waals surface area contributed by atoms with Gasteiger partial charge in [-0.05, 0) is 13.3 Å². The molecule has 6 nitrogen and oxygen atoms in total. The Hall–Kier alpha value is -0.530. The Morgan fingerprint density at radius 2 is 1.06 bits per heavy atom. The molecule has 0 aliphatic rings. The Kier molecular flexibility index (Phi) is 28.3. The summed E-state index contributed by atoms with van der Waals surface area (Å²) >= 11 is 0. The second-order valence-electron chi connectivity index (χ2n) is 9.42. The lowest BCUT2D eigenvalue weighted by molar-refractivity contribution is -0.127. The minimum Gasteiger partial charge on any atom is -0.394 e. The van der Waals surface area contributed by atoms with E-state index in [4.69, 9.17) is 24.1 Å². The molecule has 34 heavy (non-hydrogen) atoms. The van der Waals surface area contributed by atoms with Gasteiger partial charge in [0.25, 0.3) is 0 Å². The van der Waals surface area contributed by atoms with Gasteiger partial charge in [-0.3, -0.25) is 4.79 Å². The van der Waals surface area contributed by atoms with Crippen molar-refractivity contribution in [2.24, 2.45) is 0 Å². The van der Waals surface area contributed by atoms with Crippen LogP contribution in [0.4, 0.5) is 0 Å². The highest BCUT2D eigenvalue weighted by Crippen LogP contribution is 2.13. The summed E-state index contributed by atoms with van der Waals surface area (Å²) in [6, 6.07) is 0. The normalized spacial score (nSPS) is 12.3. The maximum absolute atomic E-state index is 11.2. The summed E-state index contributed by atoms with van der Waals surface area (Å²) in [5, 5.41) is 8.68. The van der Waals surface area contributed by atoms with Gasteiger partial charge in [-0.15, -0.1) is 0 Å². The average Bonchev–Trinajstić information content (AvgIpc) is 2.83. The smallest absolute Gasteiger partial charge is 0.155 e. The van der Waals surface area contributed by atoms with Gasteiger partial charge in [-0.1, -0.05) is 103 Å². The van der Waals surface area contributed by atoms with Crippen LogP contribution in [0.5, 0.6) is 0 Å². The molecule has 1 unspecified atom stereocenters. The predicted octanol–water partition coefficient (Wildman–Crippen LogP) is 6.26. The highest BCUT2D eigenvalue weighted by atomic mass is 16.6. The van der Waals surface area contributed by atoms with Gasteiger partial charge in [-0.25, -0.2) is 0 Å². The van der Waals surface area contributed by atoms with E-state index in [9.17, 15) is 4.79 Å². The van der Waals surface area contributed by atoms with Gasteiger partial charge in [-0.2, -0.15) is 0 Å². The third kappa shape index (κ3) is 27.7. The fraction of sp³-hybridized carbons (Fsp3) is 0.964. The van der Waals surface area contributed by atoms with Crippen molar-refractivity contribution in [3.05, 3.63) is 0 Å². The number of ether oxygens (including phenoxy) is 4. The van der Waals surface area contributed by atoms with Gasteiger partial charge >= 0.3 is 0 Å². The molecule has 0 amide bonds. The molecule has 0 rings (SSSR count). The molecule has 0 saturated carbocycles. The van der Waals surface area contributed by atoms with Gasteiger partial charge in [0.15, 0.2) is 5.78 Å². The van der Waals surface area contributed by atoms with E-state index in [2.05, 4.69) is 6.92 Å². The molecule has 1 N–H and O–H groups in total. The van der Waals surface area contributed by atoms with Crippen molar-refractivity contribution in [1.82, 2.24) is 0 Å². The number of hydrogen-bond acceptors (Lipinski definition) is 6. The van der Waals surface area contributed by atoms with Crippen LogP contribution in [0.3, 0.4) is 0 Å². The molecule has 0 saturated heterocycles. The molecule has 204 valence electrons. The molecule has 0 radical (unpaired) electrons. The van der Waals surface area contributed by atoms with Crippen molar-refractivity contribution in [3.63, 3.8) is 0 Å². The molecule has 0 aliphatic heterocycles. The monoisotopic (exact) mass is 488 g/mol. The zero-order valence-corrected chi connectivity index (χ0v) is 22.5. The summed E-state index contributed by atoms with van der Waals surface area (Å²) in [6.45, 7) is 6.58. The Balaban J connectivity index is 3.46. The lowest BCUT2D eigenvalue weighted by Gasteiger charge is -2.17. The van der Waals surface area contributed by atoms with Crippen LogP contribution in [0.15, 0.2) is 0 Å². The molecule has 1 atom stereocenters. The van der Waals surface area contributed by atoms with Crippen molar-refractivity contribution >= 4 is 5.78 Å². The fourth-order valence-electron chi connectivity index (χ4n) is 3.85. The maximum atomic E-state index is 11.2. The van der Waals surface area contributed by atoms with Crippen LogP contribution < -0.4 is 0 Å². The molecule has 0 aromatic heterocycles. The Morgan fingerprint density at radius 1 is 0.618 bits per heavy atom. The largest absolute Gasteiger partial charge is 0.394 e. The summed E-state index contributed by atoms with van der Waals surface area (Å²) < 4.78 is 22.0. The van der Waals surface area contributed by atoms with Gasteiger partial charge in [0.1, 0.15) is 12.7 Å². The van der Waals surface area contributed by atoms with Crippen LogP contribution in [0.25, 0.3) is 0 Å². The highest BCUT2D eigenvalue weighted by Gasteiger charge is 2.11. The van der Waals surface area contributed by atoms with Gasteiger partial charge in [0, 0.05) is 6.61 Å². The molecule has 0 spiro atoms. The lowest BCUT2D eigenvalue weighted by Crippen LogP contribution is -2.28. The van der Waals surface area contributed by atoms with Gasteiger partial charge in [0.2, 0.25) is 0 Å². The molecule has 6 heteroatoms. The number of carbonyl (C=O) groups excluding carboxylic acids is 1. The molecule has 0 bridgehead atoms. The third-order valence-electron chi connectivity index (χ3n) is 5.88. The number of rotatable bonds is 29. The standard InChI is InChI=1S/C28H56O6/c1-3-4-5-6-7-8-9-10-11-12-13-14-15-16-17-18-20-32-25-28(34-24-27(2)30)26-33-23-22-31-21-19-29/h28-29H,3-26H2,1-2H3. The average molecular weight is 489 g/mol. The first-order valence-corrected chi connectivity index (χ1v) is 14.2. The van der Waals surface area contributed by atoms with Crippen LogP contribution in [0.2, 0.25) is 0 Å². The molecule has 0 aromatic carbocycles. The lowest BCUT2D eigenvalue weighted by atomic mass is 10.0. The van der Waals surface area contributed by atoms with Crippen molar-refractivity contribution in [2.45, 2.75) is 123 Å². The zero-order valence-electron chi connectivity index (χ0n) is 22.5. The summed E-state index contributed by atoms with van der Waals surface area (Å²) in [6.07, 6.45) is 21.5. The molecule has 0 aromatic rings. The van der Waals surface area contributed by atoms with E-state index in [0.29, 0.717) is 33.0 Å². The SMILES string of the molecule is CCCCCCCCCCCCCCCCCCOCC(COCCOCCO)OCC(C)=O. The van der Waals surface area contributed by atoms with E-state index in [1.807, 2.05) is 0 Å². The number of aliphatic hydroxyl groups is 1. The van der Waals surface area contributed by atoms with Crippen molar-refractivity contribution in [2.75, 3.05) is 52.9 Å². The summed E-state index contributed by atoms with van der Waals surface area (Å²) in [5.74, 6) is -0.00548. The second kappa shape index (κ2) is 28.7. The Bertz CT molecular complexity index is 404. The first-order valence-electron chi connectivity index (χ1n) is 14.2. The Morgan fingerprint density at radius 3 is 1.53 bits per heavy atom. The summed E-state index contributed by atoms with van der Waals surface area (Å²) in [7, 11) is 0. The fourth-order valence-corrected chi connectivity index (χ4v) is 3.85. The molecular formula is C28H56O6. The Labute approximate surface area is 210 Å². The molecule has 0 aliphatic carbocycles. The second-order valence-corrected chi connectivity index (χ2v) is 9.42. The number of aliphatic hydroxyl groups excluding tert-OH is 1. The minimum atomic E-state index is -0.247. The topological polar surface area (TPSA) is 74.2 Å². The van der Waals surface area contributed by atoms with Gasteiger partial charge < -0.3 is 24.1 Å². The van der Waals surface area contributed by atoms with E-state index in [1.165, 1.54) is 103 Å². The summed E-state index contributed by atoms with van der Waals surface area (Å²) in [4.78, 5) is 11.2. The van der Waals surface area contributed by atoms with Crippen LogP contribution in [0, 0.1) is 0 Å². The first-order chi connectivity index (χ1) is 16.7. The van der Waals surface area contributed by atoms with Crippen molar-refractivity contribution in [1.29, 1.82) is 0 Å². The van der Waals surface area contributed by atoms with E-state index < -0.39 is 0 Å². The summed E-state index contributed by atoms with van der Waals surface area (Å²) in [5.41, 5.74) is 0. The molecular weight excluding hydrogens is 432 g/mol. The number of carbonyl (C=O) groups is 1. The maximum Gasteiger partial charge on any atom is 0.155 e.